The van der Waals surface area contributed by atoms with Crippen molar-refractivity contribution in [1.82, 2.24) is 0 Å². The molecule has 0 atom stereocenters. The molecule has 2 aromatic rings. The molecule has 0 heterocycles. The zero-order chi connectivity index (χ0) is 20.0. The van der Waals surface area contributed by atoms with Gasteiger partial charge in [-0.3, -0.25) is 4.79 Å². The number of hydrogen-bond acceptors (Lipinski definition) is 4. The van der Waals surface area contributed by atoms with Gasteiger partial charge in [-0.2, -0.15) is 22.0 Å². The summed E-state index contributed by atoms with van der Waals surface area (Å²) in [6, 6.07) is 8.88. The fourth-order valence-corrected chi connectivity index (χ4v) is 2.03. The molecule has 0 unspecified atom stereocenters. The Kier molecular flexibility index (Phi) is 6.32. The molecule has 1 N–H and O–H groups in total. The summed E-state index contributed by atoms with van der Waals surface area (Å²) in [6.07, 6.45) is -4.75. The minimum absolute atomic E-state index is 0.127. The SMILES string of the molecule is O=C(COC(=O)c1ccccc1C(F)(F)F)Nc1ccc(OC(F)F)cc1. The van der Waals surface area contributed by atoms with E-state index in [0.29, 0.717) is 0 Å². The molecule has 2 aromatic carbocycles. The Morgan fingerprint density at radius 1 is 1.00 bits per heavy atom. The molecular weight excluding hydrogens is 377 g/mol. The lowest BCUT2D eigenvalue weighted by Gasteiger charge is -2.12. The molecule has 0 saturated carbocycles. The van der Waals surface area contributed by atoms with E-state index in [9.17, 15) is 31.5 Å². The molecular formula is C17H12F5NO4. The summed E-state index contributed by atoms with van der Waals surface area (Å²) in [5, 5.41) is 2.29. The Hall–Kier alpha value is -3.17. The number of esters is 1. The van der Waals surface area contributed by atoms with E-state index >= 15 is 0 Å². The highest BCUT2D eigenvalue weighted by molar-refractivity contribution is 5.96. The number of hydrogen-bond donors (Lipinski definition) is 1. The molecule has 1 amide bonds. The van der Waals surface area contributed by atoms with Gasteiger partial charge < -0.3 is 14.8 Å². The van der Waals surface area contributed by atoms with Gasteiger partial charge in [0.1, 0.15) is 5.75 Å². The molecule has 10 heteroatoms. The second-order valence-corrected chi connectivity index (χ2v) is 5.07. The van der Waals surface area contributed by atoms with Crippen LogP contribution in [0.2, 0.25) is 0 Å². The van der Waals surface area contributed by atoms with Crippen LogP contribution in [0.4, 0.5) is 27.6 Å². The molecule has 0 fully saturated rings. The lowest BCUT2D eigenvalue weighted by Crippen LogP contribution is -2.22. The van der Waals surface area contributed by atoms with Gasteiger partial charge in [0, 0.05) is 5.69 Å². The van der Waals surface area contributed by atoms with Crippen LogP contribution < -0.4 is 10.1 Å². The zero-order valence-electron chi connectivity index (χ0n) is 13.4. The monoisotopic (exact) mass is 389 g/mol. The summed E-state index contributed by atoms with van der Waals surface area (Å²) in [6.45, 7) is -3.83. The lowest BCUT2D eigenvalue weighted by molar-refractivity contribution is -0.138. The van der Waals surface area contributed by atoms with Gasteiger partial charge in [-0.25, -0.2) is 4.79 Å². The van der Waals surface area contributed by atoms with Gasteiger partial charge in [0.05, 0.1) is 11.1 Å². The molecule has 0 radical (unpaired) electrons. The van der Waals surface area contributed by atoms with Crippen LogP contribution in [0.15, 0.2) is 48.5 Å². The van der Waals surface area contributed by atoms with E-state index in [4.69, 9.17) is 0 Å². The van der Waals surface area contributed by atoms with Gasteiger partial charge >= 0.3 is 18.8 Å². The lowest BCUT2D eigenvalue weighted by atomic mass is 10.1. The van der Waals surface area contributed by atoms with Crippen molar-refractivity contribution in [2.75, 3.05) is 11.9 Å². The molecule has 0 aliphatic rings. The highest BCUT2D eigenvalue weighted by Crippen LogP contribution is 2.32. The number of carbonyl (C=O) groups is 2. The van der Waals surface area contributed by atoms with Crippen LogP contribution >= 0.6 is 0 Å². The highest BCUT2D eigenvalue weighted by atomic mass is 19.4. The standard InChI is InChI=1S/C17H12F5NO4/c18-16(19)27-11-7-5-10(6-8-11)23-14(24)9-26-15(25)12-3-1-2-4-13(12)17(20,21)22/h1-8,16H,9H2,(H,23,24). The van der Waals surface area contributed by atoms with E-state index in [2.05, 4.69) is 14.8 Å². The Labute approximate surface area is 149 Å². The van der Waals surface area contributed by atoms with Crippen molar-refractivity contribution in [3.05, 3.63) is 59.7 Å². The fourth-order valence-electron chi connectivity index (χ4n) is 2.03. The minimum atomic E-state index is -4.75. The first-order valence-electron chi connectivity index (χ1n) is 7.35. The molecule has 0 spiro atoms. The number of amides is 1. The zero-order valence-corrected chi connectivity index (χ0v) is 13.4. The maximum Gasteiger partial charge on any atom is 0.417 e. The van der Waals surface area contributed by atoms with Crippen LogP contribution in [0.1, 0.15) is 15.9 Å². The first-order valence-corrected chi connectivity index (χ1v) is 7.35. The number of anilines is 1. The largest absolute Gasteiger partial charge is 0.452 e. The van der Waals surface area contributed by atoms with Gasteiger partial charge in [-0.1, -0.05) is 12.1 Å². The summed E-state index contributed by atoms with van der Waals surface area (Å²) >= 11 is 0. The van der Waals surface area contributed by atoms with Crippen molar-refractivity contribution in [1.29, 1.82) is 0 Å². The first kappa shape index (κ1) is 20.1. The quantitative estimate of drug-likeness (QED) is 0.597. The highest BCUT2D eigenvalue weighted by Gasteiger charge is 2.35. The molecule has 0 saturated heterocycles. The number of halogens is 5. The molecule has 5 nitrogen and oxygen atoms in total. The van der Waals surface area contributed by atoms with E-state index in [-0.39, 0.29) is 11.4 Å². The summed E-state index contributed by atoms with van der Waals surface area (Å²) in [4.78, 5) is 23.6. The molecule has 0 aliphatic carbocycles. The number of benzene rings is 2. The molecule has 0 bridgehead atoms. The molecule has 0 aliphatic heterocycles. The van der Waals surface area contributed by atoms with E-state index < -0.39 is 42.4 Å². The van der Waals surface area contributed by atoms with Crippen LogP contribution in [0.5, 0.6) is 5.75 Å². The third-order valence-corrected chi connectivity index (χ3v) is 3.15. The van der Waals surface area contributed by atoms with E-state index in [0.717, 1.165) is 18.2 Å². The van der Waals surface area contributed by atoms with Crippen molar-refractivity contribution >= 4 is 17.6 Å². The number of alkyl halides is 5. The average molecular weight is 389 g/mol. The average Bonchev–Trinajstić information content (AvgIpc) is 2.60. The van der Waals surface area contributed by atoms with Gasteiger partial charge in [-0.05, 0) is 36.4 Å². The Morgan fingerprint density at radius 3 is 2.22 bits per heavy atom. The van der Waals surface area contributed by atoms with E-state index in [1.165, 1.54) is 30.3 Å². The summed E-state index contributed by atoms with van der Waals surface area (Å²) in [5.41, 5.74) is -1.70. The predicted octanol–water partition coefficient (Wildman–Crippen LogP) is 4.10. The summed E-state index contributed by atoms with van der Waals surface area (Å²) in [5.74, 6) is -2.26. The second kappa shape index (κ2) is 8.47. The van der Waals surface area contributed by atoms with Gasteiger partial charge in [-0.15, -0.1) is 0 Å². The normalized spacial score (nSPS) is 11.2. The van der Waals surface area contributed by atoms with E-state index in [1.807, 2.05) is 0 Å². The number of carbonyl (C=O) groups excluding carboxylic acids is 2. The Bertz CT molecular complexity index is 806. The first-order chi connectivity index (χ1) is 12.7. The van der Waals surface area contributed by atoms with E-state index in [1.54, 1.807) is 0 Å². The number of nitrogens with one attached hydrogen (secondary N) is 1. The third kappa shape index (κ3) is 5.94. The van der Waals surface area contributed by atoms with Crippen molar-refractivity contribution in [2.24, 2.45) is 0 Å². The Morgan fingerprint density at radius 2 is 1.63 bits per heavy atom. The summed E-state index contributed by atoms with van der Waals surface area (Å²) < 4.78 is 71.4. The number of rotatable bonds is 6. The Balaban J connectivity index is 1.93. The van der Waals surface area contributed by atoms with Crippen molar-refractivity contribution in [3.8, 4) is 5.75 Å². The second-order valence-electron chi connectivity index (χ2n) is 5.07. The van der Waals surface area contributed by atoms with Gasteiger partial charge in [0.15, 0.2) is 6.61 Å². The number of ether oxygens (including phenoxy) is 2. The van der Waals surface area contributed by atoms with Crippen LogP contribution in [0.3, 0.4) is 0 Å². The predicted molar refractivity (Wildman–Crippen MR) is 83.4 cm³/mol. The fraction of sp³-hybridized carbons (Fsp3) is 0.176. The van der Waals surface area contributed by atoms with Crippen LogP contribution in [0.25, 0.3) is 0 Å². The summed E-state index contributed by atoms with van der Waals surface area (Å²) in [7, 11) is 0. The smallest absolute Gasteiger partial charge is 0.417 e. The van der Waals surface area contributed by atoms with Crippen LogP contribution in [-0.2, 0) is 15.7 Å². The van der Waals surface area contributed by atoms with Crippen LogP contribution in [0, 0.1) is 0 Å². The van der Waals surface area contributed by atoms with Crippen LogP contribution in [-0.4, -0.2) is 25.1 Å². The third-order valence-electron chi connectivity index (χ3n) is 3.15. The maximum atomic E-state index is 12.9. The minimum Gasteiger partial charge on any atom is -0.452 e. The van der Waals surface area contributed by atoms with Crippen molar-refractivity contribution < 1.29 is 41.0 Å². The molecule has 27 heavy (non-hydrogen) atoms. The van der Waals surface area contributed by atoms with Gasteiger partial charge in [0.25, 0.3) is 5.91 Å². The van der Waals surface area contributed by atoms with Crippen molar-refractivity contribution in [3.63, 3.8) is 0 Å². The van der Waals surface area contributed by atoms with Crippen molar-refractivity contribution in [2.45, 2.75) is 12.8 Å². The maximum absolute atomic E-state index is 12.9. The topological polar surface area (TPSA) is 64.6 Å². The molecule has 2 rings (SSSR count). The van der Waals surface area contributed by atoms with Gasteiger partial charge in [0.2, 0.25) is 0 Å². The molecule has 144 valence electrons. The molecule has 0 aromatic heterocycles.